The van der Waals surface area contributed by atoms with E-state index in [4.69, 9.17) is 23.2 Å². The highest BCUT2D eigenvalue weighted by Gasteiger charge is 2.04. The molecule has 0 fully saturated rings. The lowest BCUT2D eigenvalue weighted by Crippen LogP contribution is -1.98. The van der Waals surface area contributed by atoms with Crippen LogP contribution in [0.2, 0.25) is 10.0 Å². The van der Waals surface area contributed by atoms with Crippen molar-refractivity contribution in [2.75, 3.05) is 10.6 Å². The van der Waals surface area contributed by atoms with Crippen LogP contribution in [0.1, 0.15) is 0 Å². The molecule has 0 amide bonds. The molecule has 1 heterocycles. The Bertz CT molecular complexity index is 825. The summed E-state index contributed by atoms with van der Waals surface area (Å²) in [6, 6.07) is 13.6. The summed E-state index contributed by atoms with van der Waals surface area (Å²) in [7, 11) is 0. The van der Waals surface area contributed by atoms with Crippen molar-refractivity contribution in [2.45, 2.75) is 0 Å². The minimum Gasteiger partial charge on any atom is -0.508 e. The van der Waals surface area contributed by atoms with Crippen LogP contribution in [0.3, 0.4) is 0 Å². The van der Waals surface area contributed by atoms with Gasteiger partial charge in [-0.2, -0.15) is 0 Å². The molecule has 3 rings (SSSR count). The first kappa shape index (κ1) is 15.4. The molecule has 0 aliphatic rings. The van der Waals surface area contributed by atoms with Gasteiger partial charge in [0.1, 0.15) is 23.7 Å². The van der Waals surface area contributed by atoms with Crippen molar-refractivity contribution in [3.63, 3.8) is 0 Å². The van der Waals surface area contributed by atoms with Gasteiger partial charge in [-0.05, 0) is 42.5 Å². The topological polar surface area (TPSA) is 70.1 Å². The van der Waals surface area contributed by atoms with Crippen molar-refractivity contribution in [1.82, 2.24) is 9.97 Å². The normalized spacial score (nSPS) is 10.3. The number of nitrogens with one attached hydrogen (secondary N) is 2. The highest BCUT2D eigenvalue weighted by molar-refractivity contribution is 6.35. The SMILES string of the molecule is Oc1ccc(Nc2cc(Nc3cc(Cl)ccc3Cl)ncn2)cc1. The van der Waals surface area contributed by atoms with Crippen LogP contribution in [0.4, 0.5) is 23.0 Å². The molecule has 0 radical (unpaired) electrons. The number of rotatable bonds is 4. The van der Waals surface area contributed by atoms with Gasteiger partial charge in [0.2, 0.25) is 0 Å². The second-order valence-electron chi connectivity index (χ2n) is 4.71. The highest BCUT2D eigenvalue weighted by atomic mass is 35.5. The number of hydrogen-bond acceptors (Lipinski definition) is 5. The lowest BCUT2D eigenvalue weighted by atomic mass is 10.3. The van der Waals surface area contributed by atoms with E-state index in [9.17, 15) is 5.11 Å². The van der Waals surface area contributed by atoms with E-state index >= 15 is 0 Å². The van der Waals surface area contributed by atoms with Crippen LogP contribution in [0.15, 0.2) is 54.9 Å². The van der Waals surface area contributed by atoms with Gasteiger partial charge < -0.3 is 15.7 Å². The van der Waals surface area contributed by atoms with E-state index in [1.807, 2.05) is 0 Å². The van der Waals surface area contributed by atoms with Crippen LogP contribution in [0, 0.1) is 0 Å². The molecular weight excluding hydrogens is 335 g/mol. The zero-order valence-electron chi connectivity index (χ0n) is 11.8. The van der Waals surface area contributed by atoms with Crippen molar-refractivity contribution in [3.8, 4) is 5.75 Å². The van der Waals surface area contributed by atoms with Crippen LogP contribution >= 0.6 is 23.2 Å². The molecule has 0 aliphatic heterocycles. The number of hydrogen-bond donors (Lipinski definition) is 3. The fraction of sp³-hybridized carbons (Fsp3) is 0. The van der Waals surface area contributed by atoms with Gasteiger partial charge in [0, 0.05) is 16.8 Å². The van der Waals surface area contributed by atoms with Crippen LogP contribution in [-0.4, -0.2) is 15.1 Å². The quantitative estimate of drug-likeness (QED) is 0.581. The Morgan fingerprint density at radius 1 is 0.826 bits per heavy atom. The molecule has 0 atom stereocenters. The van der Waals surface area contributed by atoms with Crippen LogP contribution in [0.5, 0.6) is 5.75 Å². The van der Waals surface area contributed by atoms with Gasteiger partial charge in [0.15, 0.2) is 0 Å². The summed E-state index contributed by atoms with van der Waals surface area (Å²) in [5, 5.41) is 16.6. The Morgan fingerprint density at radius 3 is 2.26 bits per heavy atom. The zero-order chi connectivity index (χ0) is 16.2. The molecule has 5 nitrogen and oxygen atoms in total. The molecule has 0 spiro atoms. The van der Waals surface area contributed by atoms with E-state index in [2.05, 4.69) is 20.6 Å². The number of phenols is 1. The average molecular weight is 347 g/mol. The molecule has 0 aliphatic carbocycles. The van der Waals surface area contributed by atoms with Gasteiger partial charge in [-0.1, -0.05) is 23.2 Å². The number of aromatic nitrogens is 2. The van der Waals surface area contributed by atoms with Crippen molar-refractivity contribution in [1.29, 1.82) is 0 Å². The summed E-state index contributed by atoms with van der Waals surface area (Å²) < 4.78 is 0. The fourth-order valence-corrected chi connectivity index (χ4v) is 2.25. The monoisotopic (exact) mass is 346 g/mol. The van der Waals surface area contributed by atoms with E-state index in [1.54, 1.807) is 48.5 Å². The number of anilines is 4. The molecule has 116 valence electrons. The average Bonchev–Trinajstić information content (AvgIpc) is 2.54. The summed E-state index contributed by atoms with van der Waals surface area (Å²) in [6.07, 6.45) is 1.43. The summed E-state index contributed by atoms with van der Waals surface area (Å²) in [6.45, 7) is 0. The first-order chi connectivity index (χ1) is 11.1. The fourth-order valence-electron chi connectivity index (χ4n) is 1.92. The molecule has 0 saturated heterocycles. The molecule has 0 saturated carbocycles. The summed E-state index contributed by atoms with van der Waals surface area (Å²) in [4.78, 5) is 8.31. The van der Waals surface area contributed by atoms with Crippen molar-refractivity contribution >= 4 is 46.2 Å². The molecule has 7 heteroatoms. The standard InChI is InChI=1S/C16H12Cl2N4O/c17-10-1-6-13(18)14(7-10)22-16-8-15(19-9-20-16)21-11-2-4-12(23)5-3-11/h1-9,23H,(H2,19,20,21,22). The van der Waals surface area contributed by atoms with E-state index in [0.29, 0.717) is 27.4 Å². The first-order valence-corrected chi connectivity index (χ1v) is 7.46. The summed E-state index contributed by atoms with van der Waals surface area (Å²) >= 11 is 12.1. The van der Waals surface area contributed by atoms with Crippen LogP contribution in [-0.2, 0) is 0 Å². The Labute approximate surface area is 142 Å². The maximum atomic E-state index is 9.29. The van der Waals surface area contributed by atoms with Gasteiger partial charge in [-0.25, -0.2) is 9.97 Å². The minimum atomic E-state index is 0.205. The van der Waals surface area contributed by atoms with Gasteiger partial charge in [0.25, 0.3) is 0 Å². The third-order valence-electron chi connectivity index (χ3n) is 3.00. The zero-order valence-corrected chi connectivity index (χ0v) is 13.3. The number of phenolic OH excluding ortho intramolecular Hbond substituents is 1. The second kappa shape index (κ2) is 6.73. The smallest absolute Gasteiger partial charge is 0.135 e. The number of nitrogens with zero attached hydrogens (tertiary/aromatic N) is 2. The van der Waals surface area contributed by atoms with E-state index in [0.717, 1.165) is 5.69 Å². The van der Waals surface area contributed by atoms with Crippen molar-refractivity contribution in [3.05, 3.63) is 64.9 Å². The minimum absolute atomic E-state index is 0.205. The molecule has 2 aromatic carbocycles. The number of halogens is 2. The van der Waals surface area contributed by atoms with Crippen LogP contribution in [0.25, 0.3) is 0 Å². The molecule has 0 unspecified atom stereocenters. The molecule has 23 heavy (non-hydrogen) atoms. The van der Waals surface area contributed by atoms with Crippen molar-refractivity contribution in [2.24, 2.45) is 0 Å². The molecule has 3 aromatic rings. The van der Waals surface area contributed by atoms with Gasteiger partial charge in [-0.3, -0.25) is 0 Å². The molecule has 3 N–H and O–H groups in total. The molecule has 0 bridgehead atoms. The Morgan fingerprint density at radius 2 is 1.52 bits per heavy atom. The van der Waals surface area contributed by atoms with E-state index < -0.39 is 0 Å². The Balaban J connectivity index is 1.79. The first-order valence-electron chi connectivity index (χ1n) is 6.70. The van der Waals surface area contributed by atoms with E-state index in [1.165, 1.54) is 6.33 Å². The van der Waals surface area contributed by atoms with Gasteiger partial charge in [-0.15, -0.1) is 0 Å². The summed E-state index contributed by atoms with van der Waals surface area (Å²) in [5.74, 6) is 1.38. The van der Waals surface area contributed by atoms with Crippen LogP contribution < -0.4 is 10.6 Å². The summed E-state index contributed by atoms with van der Waals surface area (Å²) in [5.41, 5.74) is 1.46. The van der Waals surface area contributed by atoms with E-state index in [-0.39, 0.29) is 5.75 Å². The Hall–Kier alpha value is -2.50. The predicted octanol–water partition coefficient (Wildman–Crippen LogP) is 4.98. The predicted molar refractivity (Wildman–Crippen MR) is 93.2 cm³/mol. The van der Waals surface area contributed by atoms with Crippen molar-refractivity contribution < 1.29 is 5.11 Å². The lowest BCUT2D eigenvalue weighted by Gasteiger charge is -2.10. The molecular formula is C16H12Cl2N4O. The highest BCUT2D eigenvalue weighted by Crippen LogP contribution is 2.28. The lowest BCUT2D eigenvalue weighted by molar-refractivity contribution is 0.475. The maximum absolute atomic E-state index is 9.29. The third kappa shape index (κ3) is 4.03. The Kier molecular flexibility index (Phi) is 4.50. The molecule has 1 aromatic heterocycles. The second-order valence-corrected chi connectivity index (χ2v) is 5.55. The number of aromatic hydroxyl groups is 1. The third-order valence-corrected chi connectivity index (χ3v) is 3.56. The van der Waals surface area contributed by atoms with Gasteiger partial charge >= 0.3 is 0 Å². The van der Waals surface area contributed by atoms with Gasteiger partial charge in [0.05, 0.1) is 10.7 Å². The maximum Gasteiger partial charge on any atom is 0.135 e. The largest absolute Gasteiger partial charge is 0.508 e. The number of benzene rings is 2.